The second-order valence-corrected chi connectivity index (χ2v) is 13.7. The zero-order valence-electron chi connectivity index (χ0n) is 30.1. The number of allylic oxidation sites excluding steroid dienone is 8. The van der Waals surface area contributed by atoms with Crippen LogP contribution in [0.3, 0.4) is 0 Å². The summed E-state index contributed by atoms with van der Waals surface area (Å²) in [6.45, 7) is 4.45. The zero-order chi connectivity index (χ0) is 34.5. The summed E-state index contributed by atoms with van der Waals surface area (Å²) in [5.74, 6) is -0.457. The van der Waals surface area contributed by atoms with Crippen molar-refractivity contribution in [3.8, 4) is 0 Å². The summed E-state index contributed by atoms with van der Waals surface area (Å²) in [6.07, 6.45) is 43.5. The molecule has 0 radical (unpaired) electrons. The predicted molar refractivity (Wildman–Crippen MR) is 193 cm³/mol. The smallest absolute Gasteiger partial charge is 0.306 e. The highest BCUT2D eigenvalue weighted by Gasteiger charge is 2.16. The Balaban J connectivity index is 3.95. The van der Waals surface area contributed by atoms with Crippen LogP contribution in [0.15, 0.2) is 48.6 Å². The monoisotopic (exact) mass is 680 g/mol. The van der Waals surface area contributed by atoms with Crippen molar-refractivity contribution in [2.75, 3.05) is 19.8 Å². The minimum Gasteiger partial charge on any atom is -0.790 e. The standard InChI is InChI=1S/C39H71O7P/c1-3-5-7-9-11-13-15-17-19-20-21-22-24-26-28-30-32-34-39(40)46-38(37-45-47(41,42)43)36-44-35-33-31-29-27-25-23-18-16-14-12-10-8-6-4-2/h11,13,17,19,21-22,26,28,38H,3-10,12,14-16,18,20,23-25,27,29-37H2,1-2H3,(H2,41,42,43)/p-2/b13-11-,19-17-,22-21-,28-26-/t38-/m1/s1. The van der Waals surface area contributed by atoms with Crippen LogP contribution in [-0.4, -0.2) is 31.9 Å². The van der Waals surface area contributed by atoms with Gasteiger partial charge in [0.25, 0.3) is 0 Å². The maximum absolute atomic E-state index is 12.3. The van der Waals surface area contributed by atoms with E-state index < -0.39 is 26.5 Å². The van der Waals surface area contributed by atoms with Crippen LogP contribution in [0.5, 0.6) is 0 Å². The van der Waals surface area contributed by atoms with E-state index in [1.165, 1.54) is 96.3 Å². The highest BCUT2D eigenvalue weighted by molar-refractivity contribution is 7.43. The van der Waals surface area contributed by atoms with Crippen molar-refractivity contribution in [2.24, 2.45) is 0 Å². The van der Waals surface area contributed by atoms with Crippen molar-refractivity contribution in [2.45, 2.75) is 174 Å². The van der Waals surface area contributed by atoms with Crippen LogP contribution in [0.4, 0.5) is 0 Å². The highest BCUT2D eigenvalue weighted by atomic mass is 31.2. The van der Waals surface area contributed by atoms with Gasteiger partial charge in [-0.2, -0.15) is 0 Å². The number of ether oxygens (including phenoxy) is 2. The first kappa shape index (κ1) is 45.5. The van der Waals surface area contributed by atoms with Gasteiger partial charge in [-0.1, -0.05) is 159 Å². The Kier molecular flexibility index (Phi) is 34.7. The van der Waals surface area contributed by atoms with Gasteiger partial charge in [-0.15, -0.1) is 0 Å². The van der Waals surface area contributed by atoms with Crippen LogP contribution in [0, 0.1) is 0 Å². The van der Waals surface area contributed by atoms with E-state index >= 15 is 0 Å². The Morgan fingerprint density at radius 3 is 1.49 bits per heavy atom. The molecule has 274 valence electrons. The van der Waals surface area contributed by atoms with Crippen molar-refractivity contribution in [1.29, 1.82) is 0 Å². The summed E-state index contributed by atoms with van der Waals surface area (Å²) in [6, 6.07) is 0. The van der Waals surface area contributed by atoms with Gasteiger partial charge in [0, 0.05) is 13.0 Å². The van der Waals surface area contributed by atoms with Gasteiger partial charge in [0.1, 0.15) is 6.10 Å². The summed E-state index contributed by atoms with van der Waals surface area (Å²) >= 11 is 0. The molecule has 0 aliphatic rings. The van der Waals surface area contributed by atoms with Crippen LogP contribution >= 0.6 is 7.82 Å². The molecule has 0 heterocycles. The zero-order valence-corrected chi connectivity index (χ0v) is 31.0. The molecule has 0 aromatic rings. The summed E-state index contributed by atoms with van der Waals surface area (Å²) < 4.78 is 26.3. The number of carbonyl (C=O) groups is 1. The molecule has 0 bridgehead atoms. The number of hydrogen-bond acceptors (Lipinski definition) is 7. The molecule has 0 aromatic carbocycles. The lowest BCUT2D eigenvalue weighted by Crippen LogP contribution is -2.30. The summed E-state index contributed by atoms with van der Waals surface area (Å²) in [5, 5.41) is 0. The van der Waals surface area contributed by atoms with Crippen molar-refractivity contribution in [1.82, 2.24) is 0 Å². The van der Waals surface area contributed by atoms with Gasteiger partial charge in [-0.05, 0) is 51.4 Å². The first-order chi connectivity index (χ1) is 22.9. The summed E-state index contributed by atoms with van der Waals surface area (Å²) in [4.78, 5) is 34.2. The molecule has 0 rings (SSSR count). The summed E-state index contributed by atoms with van der Waals surface area (Å²) in [5.41, 5.74) is 0. The fourth-order valence-corrected chi connectivity index (χ4v) is 5.42. The Hall–Kier alpha value is -1.50. The molecular weight excluding hydrogens is 611 g/mol. The van der Waals surface area contributed by atoms with Crippen molar-refractivity contribution in [3.63, 3.8) is 0 Å². The van der Waals surface area contributed by atoms with Gasteiger partial charge in [0.15, 0.2) is 0 Å². The van der Waals surface area contributed by atoms with Gasteiger partial charge < -0.3 is 28.3 Å². The maximum atomic E-state index is 12.3. The Labute approximate surface area is 288 Å². The molecular formula is C39H69O7P-2. The van der Waals surface area contributed by atoms with E-state index in [0.717, 1.165) is 44.9 Å². The molecule has 0 aromatic heterocycles. The number of rotatable bonds is 35. The van der Waals surface area contributed by atoms with E-state index in [1.807, 2.05) is 6.08 Å². The topological polar surface area (TPSA) is 108 Å². The molecule has 0 amide bonds. The van der Waals surface area contributed by atoms with E-state index in [9.17, 15) is 19.1 Å². The van der Waals surface area contributed by atoms with Gasteiger partial charge in [-0.3, -0.25) is 4.79 Å². The van der Waals surface area contributed by atoms with Gasteiger partial charge in [0.2, 0.25) is 0 Å². The lowest BCUT2D eigenvalue weighted by molar-refractivity contribution is -0.343. The normalized spacial score (nSPS) is 13.2. The van der Waals surface area contributed by atoms with E-state index in [0.29, 0.717) is 13.0 Å². The molecule has 0 aliphatic heterocycles. The first-order valence-electron chi connectivity index (χ1n) is 18.9. The van der Waals surface area contributed by atoms with E-state index in [-0.39, 0.29) is 13.0 Å². The lowest BCUT2D eigenvalue weighted by atomic mass is 10.0. The average molecular weight is 681 g/mol. The first-order valence-corrected chi connectivity index (χ1v) is 20.4. The molecule has 0 saturated heterocycles. The fourth-order valence-electron chi connectivity index (χ4n) is 5.07. The van der Waals surface area contributed by atoms with Crippen LogP contribution in [0.25, 0.3) is 0 Å². The fraction of sp³-hybridized carbons (Fsp3) is 0.769. The third-order valence-corrected chi connectivity index (χ3v) is 8.34. The molecule has 8 heteroatoms. The van der Waals surface area contributed by atoms with Gasteiger partial charge in [0.05, 0.1) is 21.0 Å². The number of phosphoric ester groups is 1. The minimum absolute atomic E-state index is 0.00135. The SMILES string of the molecule is CCCCC/C=C\C/C=C\C/C=C\C/C=C\CCCC(=O)O[C@H](COCCCCCCCCCCCCCCCC)COP(=O)([O-])[O-]. The second-order valence-electron chi connectivity index (χ2n) is 12.5. The van der Waals surface area contributed by atoms with Crippen molar-refractivity contribution < 1.29 is 33.1 Å². The molecule has 0 aliphatic carbocycles. The second kappa shape index (κ2) is 35.8. The molecule has 0 N–H and O–H groups in total. The van der Waals surface area contributed by atoms with Gasteiger partial charge >= 0.3 is 5.97 Å². The third kappa shape index (κ3) is 38.8. The molecule has 47 heavy (non-hydrogen) atoms. The Bertz CT molecular complexity index is 846. The average Bonchev–Trinajstić information content (AvgIpc) is 3.04. The van der Waals surface area contributed by atoms with Crippen LogP contribution < -0.4 is 9.79 Å². The third-order valence-electron chi connectivity index (χ3n) is 7.87. The summed E-state index contributed by atoms with van der Waals surface area (Å²) in [7, 11) is -5.16. The lowest BCUT2D eigenvalue weighted by Gasteiger charge is -2.30. The molecule has 0 saturated carbocycles. The molecule has 1 atom stereocenters. The number of esters is 1. The van der Waals surface area contributed by atoms with Gasteiger partial charge in [-0.25, -0.2) is 0 Å². The highest BCUT2D eigenvalue weighted by Crippen LogP contribution is 2.25. The number of phosphoric acid groups is 1. The minimum atomic E-state index is -5.16. The Morgan fingerprint density at radius 2 is 1.00 bits per heavy atom. The number of unbranched alkanes of at least 4 members (excludes halogenated alkanes) is 17. The molecule has 0 fully saturated rings. The van der Waals surface area contributed by atoms with Crippen LogP contribution in [0.2, 0.25) is 0 Å². The van der Waals surface area contributed by atoms with Crippen LogP contribution in [0.1, 0.15) is 168 Å². The molecule has 0 spiro atoms. The van der Waals surface area contributed by atoms with Crippen molar-refractivity contribution >= 4 is 13.8 Å². The van der Waals surface area contributed by atoms with Crippen molar-refractivity contribution in [3.05, 3.63) is 48.6 Å². The quantitative estimate of drug-likeness (QED) is 0.0284. The van der Waals surface area contributed by atoms with E-state index in [4.69, 9.17) is 9.47 Å². The molecule has 0 unspecified atom stereocenters. The largest absolute Gasteiger partial charge is 0.790 e. The maximum Gasteiger partial charge on any atom is 0.306 e. The van der Waals surface area contributed by atoms with E-state index in [1.54, 1.807) is 0 Å². The number of hydrogen-bond donors (Lipinski definition) is 0. The predicted octanol–water partition coefficient (Wildman–Crippen LogP) is 10.4. The Morgan fingerprint density at radius 1 is 0.574 bits per heavy atom. The number of carbonyl (C=O) groups excluding carboxylic acids is 1. The van der Waals surface area contributed by atoms with Crippen LogP contribution in [-0.2, 0) is 23.4 Å². The molecule has 7 nitrogen and oxygen atoms in total. The van der Waals surface area contributed by atoms with E-state index in [2.05, 4.69) is 60.9 Å².